The molecule has 1 aliphatic heterocycles. The van der Waals surface area contributed by atoms with Crippen LogP contribution < -0.4 is 10.5 Å². The van der Waals surface area contributed by atoms with E-state index in [9.17, 15) is 9.59 Å². The minimum atomic E-state index is -0.727. The minimum Gasteiger partial charge on any atom is -0.481 e. The fourth-order valence-electron chi connectivity index (χ4n) is 2.68. The molecule has 6 heteroatoms. The number of nitrogens with zero attached hydrogens (tertiary/aromatic N) is 2. The second-order valence-electron chi connectivity index (χ2n) is 6.01. The maximum atomic E-state index is 11.7. The van der Waals surface area contributed by atoms with Crippen LogP contribution >= 0.6 is 0 Å². The van der Waals surface area contributed by atoms with Gasteiger partial charge in [-0.05, 0) is 25.2 Å². The summed E-state index contributed by atoms with van der Waals surface area (Å²) in [5.74, 6) is 1.37. The number of anilines is 1. The Balaban J connectivity index is 1.99. The number of rotatable bonds is 5. The molecule has 1 fully saturated rings. The van der Waals surface area contributed by atoms with Gasteiger partial charge in [-0.2, -0.15) is 0 Å². The number of carboxylic acid groups (broad SMARTS) is 1. The standard InChI is InChI=1S/C15H23N3O3/c1-10(2)15-16-12(9-13(19)17-15)18-7-5-11(6-8-18)3-4-14(20)21/h9-11H,3-8H2,1-2H3,(H,20,21)(H,16,17,19). The van der Waals surface area contributed by atoms with E-state index < -0.39 is 5.97 Å². The molecule has 0 amide bonds. The molecule has 2 rings (SSSR count). The summed E-state index contributed by atoms with van der Waals surface area (Å²) in [7, 11) is 0. The number of aromatic amines is 1. The van der Waals surface area contributed by atoms with E-state index in [0.717, 1.165) is 38.2 Å². The van der Waals surface area contributed by atoms with Gasteiger partial charge in [-0.1, -0.05) is 13.8 Å². The molecule has 116 valence electrons. The molecule has 0 unspecified atom stereocenters. The summed E-state index contributed by atoms with van der Waals surface area (Å²) in [6.07, 6.45) is 2.90. The molecule has 2 heterocycles. The number of hydrogen-bond acceptors (Lipinski definition) is 4. The average molecular weight is 293 g/mol. The van der Waals surface area contributed by atoms with E-state index in [1.807, 2.05) is 13.8 Å². The molecule has 0 aliphatic carbocycles. The van der Waals surface area contributed by atoms with Gasteiger partial charge in [-0.25, -0.2) is 4.98 Å². The summed E-state index contributed by atoms with van der Waals surface area (Å²) in [4.78, 5) is 31.7. The van der Waals surface area contributed by atoms with Gasteiger partial charge in [-0.3, -0.25) is 9.59 Å². The lowest BCUT2D eigenvalue weighted by Crippen LogP contribution is -2.35. The summed E-state index contributed by atoms with van der Waals surface area (Å²) in [5, 5.41) is 8.73. The maximum absolute atomic E-state index is 11.7. The third-order valence-electron chi connectivity index (χ3n) is 4.00. The van der Waals surface area contributed by atoms with Crippen molar-refractivity contribution in [1.29, 1.82) is 0 Å². The van der Waals surface area contributed by atoms with E-state index in [1.165, 1.54) is 0 Å². The van der Waals surface area contributed by atoms with Crippen molar-refractivity contribution >= 4 is 11.8 Å². The summed E-state index contributed by atoms with van der Waals surface area (Å²) in [5.41, 5.74) is -0.114. The fraction of sp³-hybridized carbons (Fsp3) is 0.667. The van der Waals surface area contributed by atoms with Crippen molar-refractivity contribution in [2.45, 2.75) is 45.4 Å². The van der Waals surface area contributed by atoms with Crippen molar-refractivity contribution in [3.05, 3.63) is 22.2 Å². The van der Waals surface area contributed by atoms with Crippen molar-refractivity contribution in [2.75, 3.05) is 18.0 Å². The van der Waals surface area contributed by atoms with Crippen LogP contribution in [0, 0.1) is 5.92 Å². The molecule has 0 saturated carbocycles. The molecule has 21 heavy (non-hydrogen) atoms. The first-order valence-electron chi connectivity index (χ1n) is 7.53. The Morgan fingerprint density at radius 2 is 2.14 bits per heavy atom. The molecular weight excluding hydrogens is 270 g/mol. The molecule has 0 spiro atoms. The topological polar surface area (TPSA) is 86.3 Å². The Bertz CT molecular complexity index is 545. The molecule has 0 bridgehead atoms. The largest absolute Gasteiger partial charge is 0.481 e. The van der Waals surface area contributed by atoms with Gasteiger partial charge in [0.05, 0.1) is 0 Å². The Morgan fingerprint density at radius 3 is 2.71 bits per heavy atom. The monoisotopic (exact) mass is 293 g/mol. The smallest absolute Gasteiger partial charge is 0.303 e. The van der Waals surface area contributed by atoms with E-state index in [4.69, 9.17) is 5.11 Å². The van der Waals surface area contributed by atoms with Crippen LogP contribution in [0.4, 0.5) is 5.82 Å². The Morgan fingerprint density at radius 1 is 1.48 bits per heavy atom. The number of carbonyl (C=O) groups is 1. The van der Waals surface area contributed by atoms with E-state index in [2.05, 4.69) is 14.9 Å². The summed E-state index contributed by atoms with van der Waals surface area (Å²) >= 11 is 0. The first-order valence-corrected chi connectivity index (χ1v) is 7.53. The molecule has 1 saturated heterocycles. The number of aromatic nitrogens is 2. The van der Waals surface area contributed by atoms with Crippen molar-refractivity contribution < 1.29 is 9.90 Å². The van der Waals surface area contributed by atoms with Crippen LogP contribution in [0.2, 0.25) is 0 Å². The number of H-pyrrole nitrogens is 1. The van der Waals surface area contributed by atoms with Crippen LogP contribution in [-0.4, -0.2) is 34.1 Å². The first-order chi connectivity index (χ1) is 9.95. The van der Waals surface area contributed by atoms with Crippen molar-refractivity contribution in [3.63, 3.8) is 0 Å². The zero-order chi connectivity index (χ0) is 15.4. The number of piperidine rings is 1. The van der Waals surface area contributed by atoms with Crippen LogP contribution in [0.15, 0.2) is 10.9 Å². The number of hydrogen-bond donors (Lipinski definition) is 2. The van der Waals surface area contributed by atoms with Gasteiger partial charge >= 0.3 is 5.97 Å². The highest BCUT2D eigenvalue weighted by atomic mass is 16.4. The lowest BCUT2D eigenvalue weighted by molar-refractivity contribution is -0.137. The second kappa shape index (κ2) is 6.74. The third kappa shape index (κ3) is 4.31. The average Bonchev–Trinajstić information content (AvgIpc) is 2.45. The second-order valence-corrected chi connectivity index (χ2v) is 6.01. The summed E-state index contributed by atoms with van der Waals surface area (Å²) in [6.45, 7) is 5.66. The number of nitrogens with one attached hydrogen (secondary N) is 1. The van der Waals surface area contributed by atoms with Crippen molar-refractivity contribution in [1.82, 2.24) is 9.97 Å². The van der Waals surface area contributed by atoms with Gasteiger partial charge in [0.1, 0.15) is 11.6 Å². The Hall–Kier alpha value is -1.85. The molecule has 0 aromatic carbocycles. The van der Waals surface area contributed by atoms with E-state index in [0.29, 0.717) is 11.7 Å². The first kappa shape index (κ1) is 15.5. The number of carboxylic acids is 1. The third-order valence-corrected chi connectivity index (χ3v) is 4.00. The normalized spacial score (nSPS) is 16.4. The van der Waals surface area contributed by atoms with E-state index in [-0.39, 0.29) is 17.9 Å². The van der Waals surface area contributed by atoms with Crippen LogP contribution in [0.5, 0.6) is 0 Å². The lowest BCUT2D eigenvalue weighted by Gasteiger charge is -2.32. The molecular formula is C15H23N3O3. The molecule has 6 nitrogen and oxygen atoms in total. The predicted molar refractivity (Wildman–Crippen MR) is 80.8 cm³/mol. The predicted octanol–water partition coefficient (Wildman–Crippen LogP) is 1.97. The van der Waals surface area contributed by atoms with Crippen molar-refractivity contribution in [3.8, 4) is 0 Å². The summed E-state index contributed by atoms with van der Waals surface area (Å²) in [6, 6.07) is 1.55. The highest BCUT2D eigenvalue weighted by Crippen LogP contribution is 2.25. The lowest BCUT2D eigenvalue weighted by atomic mass is 9.92. The van der Waals surface area contributed by atoms with Gasteiger partial charge in [0, 0.05) is 31.5 Å². The molecule has 1 aromatic heterocycles. The molecule has 2 N–H and O–H groups in total. The van der Waals surface area contributed by atoms with Gasteiger partial charge in [0.15, 0.2) is 0 Å². The van der Waals surface area contributed by atoms with Crippen LogP contribution in [-0.2, 0) is 4.79 Å². The number of aliphatic carboxylic acids is 1. The van der Waals surface area contributed by atoms with Gasteiger partial charge in [0.25, 0.3) is 5.56 Å². The Kier molecular flexibility index (Phi) is 4.98. The molecule has 1 aromatic rings. The van der Waals surface area contributed by atoms with E-state index >= 15 is 0 Å². The highest BCUT2D eigenvalue weighted by Gasteiger charge is 2.21. The zero-order valence-electron chi connectivity index (χ0n) is 12.6. The Labute approximate surface area is 124 Å². The van der Waals surface area contributed by atoms with Crippen LogP contribution in [0.25, 0.3) is 0 Å². The van der Waals surface area contributed by atoms with Crippen LogP contribution in [0.1, 0.15) is 51.3 Å². The quantitative estimate of drug-likeness (QED) is 0.867. The highest BCUT2D eigenvalue weighted by molar-refractivity contribution is 5.66. The zero-order valence-corrected chi connectivity index (χ0v) is 12.6. The molecule has 0 atom stereocenters. The maximum Gasteiger partial charge on any atom is 0.303 e. The van der Waals surface area contributed by atoms with Crippen molar-refractivity contribution in [2.24, 2.45) is 5.92 Å². The van der Waals surface area contributed by atoms with Crippen LogP contribution in [0.3, 0.4) is 0 Å². The minimum absolute atomic E-state index is 0.114. The molecule has 1 aliphatic rings. The van der Waals surface area contributed by atoms with Gasteiger partial charge in [0.2, 0.25) is 0 Å². The van der Waals surface area contributed by atoms with Gasteiger partial charge < -0.3 is 15.0 Å². The fourth-order valence-corrected chi connectivity index (χ4v) is 2.68. The summed E-state index contributed by atoms with van der Waals surface area (Å²) < 4.78 is 0. The van der Waals surface area contributed by atoms with E-state index in [1.54, 1.807) is 6.07 Å². The SMILES string of the molecule is CC(C)c1nc(N2CCC(CCC(=O)O)CC2)cc(=O)[nH]1. The van der Waals surface area contributed by atoms with Gasteiger partial charge in [-0.15, -0.1) is 0 Å². The molecule has 0 radical (unpaired) electrons.